The van der Waals surface area contributed by atoms with E-state index < -0.39 is 0 Å². The fourth-order valence-electron chi connectivity index (χ4n) is 6.67. The van der Waals surface area contributed by atoms with Gasteiger partial charge >= 0.3 is 0 Å². The molecule has 0 fully saturated rings. The van der Waals surface area contributed by atoms with Crippen LogP contribution in [0.1, 0.15) is 22.3 Å². The Morgan fingerprint density at radius 2 is 0.972 bits per heavy atom. The molecule has 6 aromatic carbocycles. The van der Waals surface area contributed by atoms with Gasteiger partial charge in [-0.25, -0.2) is 0 Å². The number of halogens is 1. The van der Waals surface area contributed by atoms with Gasteiger partial charge < -0.3 is 0 Å². The lowest BCUT2D eigenvalue weighted by atomic mass is 9.70. The molecule has 0 nitrogen and oxygen atoms in total. The topological polar surface area (TPSA) is 0 Å². The summed E-state index contributed by atoms with van der Waals surface area (Å²) in [7, 11) is 0. The Kier molecular flexibility index (Phi) is 4.02. The summed E-state index contributed by atoms with van der Waals surface area (Å²) in [5, 5.41) is 3.31. The monoisotopic (exact) mass is 476 g/mol. The van der Waals surface area contributed by atoms with Crippen molar-refractivity contribution in [2.24, 2.45) is 0 Å². The maximum Gasteiger partial charge on any atom is 0.0725 e. The molecule has 36 heavy (non-hydrogen) atoms. The standard InChI is InChI=1S/C35H21Cl/c36-26-11-7-10-22(18-26)25-16-17-29-30-19-23-8-1-2-9-24(23)20-34(30)35(33(29)21-25)31-14-5-3-12-27(31)28-13-4-6-15-32(28)35/h1-21H. The van der Waals surface area contributed by atoms with Gasteiger partial charge in [0.05, 0.1) is 5.41 Å². The third kappa shape index (κ3) is 2.50. The average molecular weight is 477 g/mol. The van der Waals surface area contributed by atoms with Crippen molar-refractivity contribution in [1.82, 2.24) is 0 Å². The van der Waals surface area contributed by atoms with Gasteiger partial charge in [-0.2, -0.15) is 0 Å². The van der Waals surface area contributed by atoms with Crippen LogP contribution in [-0.2, 0) is 5.41 Å². The van der Waals surface area contributed by atoms with Gasteiger partial charge in [-0.05, 0) is 96.7 Å². The highest BCUT2D eigenvalue weighted by Crippen LogP contribution is 2.63. The summed E-state index contributed by atoms with van der Waals surface area (Å²) in [4.78, 5) is 0. The first kappa shape index (κ1) is 20.1. The third-order valence-electron chi connectivity index (χ3n) is 8.11. The molecule has 0 unspecified atom stereocenters. The first-order valence-electron chi connectivity index (χ1n) is 12.4. The maximum absolute atomic E-state index is 6.40. The molecule has 0 amide bonds. The molecule has 0 bridgehead atoms. The summed E-state index contributed by atoms with van der Waals surface area (Å²) >= 11 is 6.40. The smallest absolute Gasteiger partial charge is 0.0725 e. The first-order valence-corrected chi connectivity index (χ1v) is 12.8. The second kappa shape index (κ2) is 7.20. The Morgan fingerprint density at radius 1 is 0.389 bits per heavy atom. The van der Waals surface area contributed by atoms with Gasteiger partial charge in [0, 0.05) is 5.02 Å². The van der Waals surface area contributed by atoms with Crippen molar-refractivity contribution in [3.63, 3.8) is 0 Å². The minimum absolute atomic E-state index is 0.351. The normalized spacial score (nSPS) is 13.9. The molecule has 2 aliphatic rings. The van der Waals surface area contributed by atoms with Crippen molar-refractivity contribution in [3.05, 3.63) is 155 Å². The molecule has 0 atom stereocenters. The minimum atomic E-state index is -0.351. The van der Waals surface area contributed by atoms with E-state index in [0.717, 1.165) is 10.6 Å². The molecule has 168 valence electrons. The molecule has 1 spiro atoms. The first-order chi connectivity index (χ1) is 17.7. The molecular weight excluding hydrogens is 456 g/mol. The predicted octanol–water partition coefficient (Wildman–Crippen LogP) is 9.50. The van der Waals surface area contributed by atoms with Crippen LogP contribution in [0.4, 0.5) is 0 Å². The van der Waals surface area contributed by atoms with Crippen LogP contribution in [0.25, 0.3) is 44.2 Å². The molecule has 2 aliphatic carbocycles. The molecule has 0 radical (unpaired) electrons. The van der Waals surface area contributed by atoms with Crippen molar-refractivity contribution >= 4 is 22.4 Å². The van der Waals surface area contributed by atoms with Gasteiger partial charge in [-0.1, -0.05) is 109 Å². The SMILES string of the molecule is Clc1cccc(-c2ccc3c(c2)C2(c4ccccc4-c4ccccc42)c2cc4ccccc4cc2-3)c1. The summed E-state index contributed by atoms with van der Waals surface area (Å²) in [6, 6.07) is 46.6. The van der Waals surface area contributed by atoms with Crippen LogP contribution in [0.2, 0.25) is 5.02 Å². The zero-order valence-electron chi connectivity index (χ0n) is 19.5. The van der Waals surface area contributed by atoms with E-state index >= 15 is 0 Å². The summed E-state index contributed by atoms with van der Waals surface area (Å²) < 4.78 is 0. The zero-order chi connectivity index (χ0) is 23.9. The molecule has 0 aromatic heterocycles. The van der Waals surface area contributed by atoms with Crippen molar-refractivity contribution < 1.29 is 0 Å². The fraction of sp³-hybridized carbons (Fsp3) is 0.0286. The van der Waals surface area contributed by atoms with Crippen LogP contribution in [0, 0.1) is 0 Å². The summed E-state index contributed by atoms with van der Waals surface area (Å²) in [5.74, 6) is 0. The van der Waals surface area contributed by atoms with Crippen LogP contribution in [0.3, 0.4) is 0 Å². The van der Waals surface area contributed by atoms with Gasteiger partial charge in [-0.3, -0.25) is 0 Å². The van der Waals surface area contributed by atoms with Crippen LogP contribution in [0.5, 0.6) is 0 Å². The number of rotatable bonds is 1. The van der Waals surface area contributed by atoms with Gasteiger partial charge in [-0.15, -0.1) is 0 Å². The van der Waals surface area contributed by atoms with Crippen molar-refractivity contribution in [2.45, 2.75) is 5.41 Å². The van der Waals surface area contributed by atoms with Crippen LogP contribution in [-0.4, -0.2) is 0 Å². The van der Waals surface area contributed by atoms with E-state index in [9.17, 15) is 0 Å². The van der Waals surface area contributed by atoms with Gasteiger partial charge in [0.1, 0.15) is 0 Å². The highest BCUT2D eigenvalue weighted by molar-refractivity contribution is 6.30. The lowest BCUT2D eigenvalue weighted by molar-refractivity contribution is 0.795. The second-order valence-corrected chi connectivity index (χ2v) is 10.3. The highest BCUT2D eigenvalue weighted by Gasteiger charge is 2.51. The molecule has 0 heterocycles. The van der Waals surface area contributed by atoms with E-state index in [-0.39, 0.29) is 5.41 Å². The molecule has 0 N–H and O–H groups in total. The maximum atomic E-state index is 6.40. The molecule has 6 aromatic rings. The van der Waals surface area contributed by atoms with Crippen LogP contribution >= 0.6 is 11.6 Å². The van der Waals surface area contributed by atoms with Gasteiger partial charge in [0.2, 0.25) is 0 Å². The van der Waals surface area contributed by atoms with E-state index in [0.29, 0.717) is 0 Å². The van der Waals surface area contributed by atoms with Crippen LogP contribution < -0.4 is 0 Å². The lowest BCUT2D eigenvalue weighted by Gasteiger charge is -2.31. The third-order valence-corrected chi connectivity index (χ3v) is 8.35. The Morgan fingerprint density at radius 3 is 1.69 bits per heavy atom. The Bertz CT molecular complexity index is 1810. The summed E-state index contributed by atoms with van der Waals surface area (Å²) in [6.07, 6.45) is 0. The van der Waals surface area contributed by atoms with Crippen molar-refractivity contribution in [1.29, 1.82) is 0 Å². The second-order valence-electron chi connectivity index (χ2n) is 9.86. The highest BCUT2D eigenvalue weighted by atomic mass is 35.5. The molecule has 1 heteroatoms. The molecule has 8 rings (SSSR count). The molecular formula is C35H21Cl. The van der Waals surface area contributed by atoms with E-state index in [1.54, 1.807) is 0 Å². The lowest BCUT2D eigenvalue weighted by Crippen LogP contribution is -2.25. The number of hydrogen-bond donors (Lipinski definition) is 0. The largest absolute Gasteiger partial charge is 0.0843 e. The van der Waals surface area contributed by atoms with E-state index in [2.05, 4.69) is 115 Å². The number of fused-ring (bicyclic) bond motifs is 11. The number of hydrogen-bond acceptors (Lipinski definition) is 0. The minimum Gasteiger partial charge on any atom is -0.0843 e. The summed E-state index contributed by atoms with van der Waals surface area (Å²) in [6.45, 7) is 0. The van der Waals surface area contributed by atoms with E-state index in [1.165, 1.54) is 60.8 Å². The predicted molar refractivity (Wildman–Crippen MR) is 151 cm³/mol. The Balaban J connectivity index is 1.54. The van der Waals surface area contributed by atoms with Gasteiger partial charge in [0.25, 0.3) is 0 Å². The quantitative estimate of drug-likeness (QED) is 0.221. The Hall–Kier alpha value is -4.13. The number of benzene rings is 6. The molecule has 0 saturated heterocycles. The zero-order valence-corrected chi connectivity index (χ0v) is 20.3. The summed E-state index contributed by atoms with van der Waals surface area (Å²) in [5.41, 5.74) is 12.7. The molecule has 0 saturated carbocycles. The van der Waals surface area contributed by atoms with Crippen molar-refractivity contribution in [3.8, 4) is 33.4 Å². The fourth-order valence-corrected chi connectivity index (χ4v) is 6.86. The Labute approximate surface area is 215 Å². The molecule has 0 aliphatic heterocycles. The van der Waals surface area contributed by atoms with E-state index in [4.69, 9.17) is 11.6 Å². The van der Waals surface area contributed by atoms with Gasteiger partial charge in [0.15, 0.2) is 0 Å². The van der Waals surface area contributed by atoms with E-state index in [1.807, 2.05) is 12.1 Å². The average Bonchev–Trinajstić information content (AvgIpc) is 3.38. The van der Waals surface area contributed by atoms with Crippen molar-refractivity contribution in [2.75, 3.05) is 0 Å². The van der Waals surface area contributed by atoms with Crippen LogP contribution in [0.15, 0.2) is 127 Å².